The lowest BCUT2D eigenvalue weighted by Gasteiger charge is -2.21. The third kappa shape index (κ3) is 3.83. The molecular weight excluding hydrogens is 308 g/mol. The summed E-state index contributed by atoms with van der Waals surface area (Å²) < 4.78 is 5.82. The Balaban J connectivity index is 1.52. The summed E-state index contributed by atoms with van der Waals surface area (Å²) in [5, 5.41) is 22.5. The Morgan fingerprint density at radius 3 is 2.79 bits per heavy atom. The van der Waals surface area contributed by atoms with Gasteiger partial charge in [0.1, 0.15) is 17.6 Å². The molecule has 126 valence electrons. The minimum Gasteiger partial charge on any atom is -0.506 e. The number of pyridine rings is 1. The Kier molecular flexibility index (Phi) is 4.96. The molecule has 0 unspecified atom stereocenters. The third-order valence-electron chi connectivity index (χ3n) is 4.23. The molecule has 1 aromatic carbocycles. The summed E-state index contributed by atoms with van der Waals surface area (Å²) in [6, 6.07) is 10.8. The average Bonchev–Trinajstić information content (AvgIpc) is 2.94. The summed E-state index contributed by atoms with van der Waals surface area (Å²) in [6.45, 7) is 0.351. The van der Waals surface area contributed by atoms with Crippen molar-refractivity contribution in [3.63, 3.8) is 0 Å². The molecule has 0 saturated heterocycles. The second-order valence-electron chi connectivity index (χ2n) is 5.94. The van der Waals surface area contributed by atoms with Crippen molar-refractivity contribution in [2.45, 2.75) is 25.0 Å². The lowest BCUT2D eigenvalue weighted by molar-refractivity contribution is 0.0348. The van der Waals surface area contributed by atoms with E-state index in [1.165, 1.54) is 18.5 Å². The topological polar surface area (TPSA) is 91.7 Å². The van der Waals surface area contributed by atoms with Gasteiger partial charge in [-0.15, -0.1) is 0 Å². The standard InChI is InChI=1S/C18H20N2O4/c21-14-8-13(9-19-11-14)18(23)20-10-12-6-7-16(17(12)22)24-15-4-2-1-3-5-15/h1-5,8-9,11-12,16-17,21-22H,6-7,10H2,(H,20,23)/t12-,16-,17-/m1/s1. The van der Waals surface area contributed by atoms with Gasteiger partial charge in [0, 0.05) is 18.7 Å². The fourth-order valence-corrected chi connectivity index (χ4v) is 2.93. The number of hydrogen-bond donors (Lipinski definition) is 3. The van der Waals surface area contributed by atoms with Gasteiger partial charge in [0.15, 0.2) is 0 Å². The van der Waals surface area contributed by atoms with Crippen molar-refractivity contribution < 1.29 is 19.7 Å². The molecule has 0 spiro atoms. The molecule has 1 aromatic heterocycles. The van der Waals surface area contributed by atoms with E-state index in [0.717, 1.165) is 18.6 Å². The highest BCUT2D eigenvalue weighted by atomic mass is 16.5. The number of carbonyl (C=O) groups is 1. The fourth-order valence-electron chi connectivity index (χ4n) is 2.93. The van der Waals surface area contributed by atoms with Gasteiger partial charge in [0.05, 0.1) is 17.9 Å². The summed E-state index contributed by atoms with van der Waals surface area (Å²) in [5.41, 5.74) is 0.291. The van der Waals surface area contributed by atoms with Gasteiger partial charge in [0.25, 0.3) is 5.91 Å². The van der Waals surface area contributed by atoms with Crippen molar-refractivity contribution in [1.82, 2.24) is 10.3 Å². The van der Waals surface area contributed by atoms with E-state index >= 15 is 0 Å². The number of para-hydroxylation sites is 1. The Morgan fingerprint density at radius 2 is 2.04 bits per heavy atom. The number of ether oxygens (including phenoxy) is 1. The zero-order valence-corrected chi connectivity index (χ0v) is 13.1. The normalized spacial score (nSPS) is 23.0. The second kappa shape index (κ2) is 7.31. The van der Waals surface area contributed by atoms with Crippen molar-refractivity contribution >= 4 is 5.91 Å². The Hall–Kier alpha value is -2.60. The van der Waals surface area contributed by atoms with Gasteiger partial charge in [-0.1, -0.05) is 18.2 Å². The average molecular weight is 328 g/mol. The molecule has 2 aromatic rings. The molecule has 0 bridgehead atoms. The van der Waals surface area contributed by atoms with Crippen LogP contribution in [0, 0.1) is 5.92 Å². The highest BCUT2D eigenvalue weighted by Gasteiger charge is 2.36. The smallest absolute Gasteiger partial charge is 0.252 e. The van der Waals surface area contributed by atoms with E-state index in [4.69, 9.17) is 4.74 Å². The van der Waals surface area contributed by atoms with E-state index in [0.29, 0.717) is 12.1 Å². The van der Waals surface area contributed by atoms with Crippen LogP contribution < -0.4 is 10.1 Å². The summed E-state index contributed by atoms with van der Waals surface area (Å²) in [5.74, 6) is 0.294. The SMILES string of the molecule is O=C(NC[C@H]1CC[C@@H](Oc2ccccc2)[C@@H]1O)c1cncc(O)c1. The van der Waals surface area contributed by atoms with Gasteiger partial charge in [-0.25, -0.2) is 0 Å². The number of nitrogens with one attached hydrogen (secondary N) is 1. The number of rotatable bonds is 5. The van der Waals surface area contributed by atoms with Crippen molar-refractivity contribution in [1.29, 1.82) is 0 Å². The summed E-state index contributed by atoms with van der Waals surface area (Å²) in [4.78, 5) is 15.8. The molecule has 6 heteroatoms. The van der Waals surface area contributed by atoms with Crippen LogP contribution in [-0.4, -0.2) is 39.9 Å². The van der Waals surface area contributed by atoms with Crippen LogP contribution >= 0.6 is 0 Å². The number of benzene rings is 1. The van der Waals surface area contributed by atoms with E-state index < -0.39 is 6.10 Å². The van der Waals surface area contributed by atoms with E-state index in [1.54, 1.807) is 0 Å². The Labute approximate surface area is 140 Å². The molecule has 6 nitrogen and oxygen atoms in total. The summed E-state index contributed by atoms with van der Waals surface area (Å²) in [6.07, 6.45) is 3.27. The first kappa shape index (κ1) is 16.3. The van der Waals surface area contributed by atoms with E-state index in [-0.39, 0.29) is 23.7 Å². The van der Waals surface area contributed by atoms with Crippen LogP contribution in [0.1, 0.15) is 23.2 Å². The van der Waals surface area contributed by atoms with E-state index in [9.17, 15) is 15.0 Å². The molecule has 0 aliphatic heterocycles. The molecule has 1 saturated carbocycles. The van der Waals surface area contributed by atoms with Crippen molar-refractivity contribution in [3.05, 3.63) is 54.4 Å². The van der Waals surface area contributed by atoms with E-state index in [1.807, 2.05) is 30.3 Å². The number of aliphatic hydroxyl groups excluding tert-OH is 1. The van der Waals surface area contributed by atoms with Crippen LogP contribution in [0.15, 0.2) is 48.8 Å². The number of carbonyl (C=O) groups excluding carboxylic acids is 1. The van der Waals surface area contributed by atoms with Crippen LogP contribution in [0.25, 0.3) is 0 Å². The van der Waals surface area contributed by atoms with Crippen LogP contribution in [-0.2, 0) is 0 Å². The Bertz CT molecular complexity index is 692. The van der Waals surface area contributed by atoms with Gasteiger partial charge >= 0.3 is 0 Å². The van der Waals surface area contributed by atoms with Gasteiger partial charge in [-0.2, -0.15) is 0 Å². The summed E-state index contributed by atoms with van der Waals surface area (Å²) >= 11 is 0. The molecule has 1 aliphatic rings. The van der Waals surface area contributed by atoms with Crippen molar-refractivity contribution in [2.24, 2.45) is 5.92 Å². The predicted molar refractivity (Wildman–Crippen MR) is 87.8 cm³/mol. The van der Waals surface area contributed by atoms with Crippen molar-refractivity contribution in [3.8, 4) is 11.5 Å². The molecule has 0 radical (unpaired) electrons. The molecule has 3 rings (SSSR count). The fraction of sp³-hybridized carbons (Fsp3) is 0.333. The molecule has 1 fully saturated rings. The van der Waals surface area contributed by atoms with Crippen LogP contribution in [0.4, 0.5) is 0 Å². The first-order valence-corrected chi connectivity index (χ1v) is 7.95. The monoisotopic (exact) mass is 328 g/mol. The number of nitrogens with zero attached hydrogens (tertiary/aromatic N) is 1. The molecule has 1 heterocycles. The molecule has 1 amide bonds. The molecule has 24 heavy (non-hydrogen) atoms. The zero-order chi connectivity index (χ0) is 16.9. The quantitative estimate of drug-likeness (QED) is 0.777. The largest absolute Gasteiger partial charge is 0.506 e. The molecule has 3 N–H and O–H groups in total. The maximum absolute atomic E-state index is 12.1. The first-order chi connectivity index (χ1) is 11.6. The molecule has 3 atom stereocenters. The number of aromatic hydroxyl groups is 1. The highest BCUT2D eigenvalue weighted by Crippen LogP contribution is 2.29. The lowest BCUT2D eigenvalue weighted by atomic mass is 10.1. The minimum absolute atomic E-state index is 0.0557. The van der Waals surface area contributed by atoms with Gasteiger partial charge < -0.3 is 20.3 Å². The van der Waals surface area contributed by atoms with E-state index in [2.05, 4.69) is 10.3 Å². The highest BCUT2D eigenvalue weighted by molar-refractivity contribution is 5.94. The predicted octanol–water partition coefficient (Wildman–Crippen LogP) is 1.74. The maximum Gasteiger partial charge on any atom is 0.252 e. The molecular formula is C18H20N2O4. The van der Waals surface area contributed by atoms with Gasteiger partial charge in [-0.05, 0) is 31.0 Å². The number of aromatic nitrogens is 1. The number of amides is 1. The number of aliphatic hydroxyl groups is 1. The zero-order valence-electron chi connectivity index (χ0n) is 13.1. The molecule has 1 aliphatic carbocycles. The minimum atomic E-state index is -0.632. The summed E-state index contributed by atoms with van der Waals surface area (Å²) in [7, 11) is 0. The van der Waals surface area contributed by atoms with Crippen LogP contribution in [0.2, 0.25) is 0 Å². The van der Waals surface area contributed by atoms with Crippen LogP contribution in [0.5, 0.6) is 11.5 Å². The van der Waals surface area contributed by atoms with Gasteiger partial charge in [-0.3, -0.25) is 9.78 Å². The first-order valence-electron chi connectivity index (χ1n) is 7.95. The maximum atomic E-state index is 12.1. The second-order valence-corrected chi connectivity index (χ2v) is 5.94. The number of hydrogen-bond acceptors (Lipinski definition) is 5. The lowest BCUT2D eigenvalue weighted by Crippen LogP contribution is -2.37. The third-order valence-corrected chi connectivity index (χ3v) is 4.23. The van der Waals surface area contributed by atoms with Crippen molar-refractivity contribution in [2.75, 3.05) is 6.54 Å². The van der Waals surface area contributed by atoms with Gasteiger partial charge in [0.2, 0.25) is 0 Å². The van der Waals surface area contributed by atoms with Crippen LogP contribution in [0.3, 0.4) is 0 Å². The Morgan fingerprint density at radius 1 is 1.25 bits per heavy atom.